The number of nitrogens with one attached hydrogen (secondary N) is 1. The summed E-state index contributed by atoms with van der Waals surface area (Å²) in [6, 6.07) is 10.5. The number of hydrogen-bond donors (Lipinski definition) is 1. The summed E-state index contributed by atoms with van der Waals surface area (Å²) in [5, 5.41) is 22.6. The summed E-state index contributed by atoms with van der Waals surface area (Å²) in [5.41, 5.74) is 1.75. The fourth-order valence-corrected chi connectivity index (χ4v) is 2.37. The monoisotopic (exact) mass is 273 g/mol. The van der Waals surface area contributed by atoms with Gasteiger partial charge in [0.05, 0.1) is 4.92 Å². The standard InChI is InChI=1S/C13H11N3O2S/c1-9-2-3-10(16(17)18)6-13(9)15-8-12-5-4-11(7-14)19-12/h2-6,15H,8H2,1H3. The van der Waals surface area contributed by atoms with Crippen molar-refractivity contribution in [3.05, 3.63) is 55.8 Å². The van der Waals surface area contributed by atoms with E-state index in [1.165, 1.54) is 23.5 Å². The van der Waals surface area contributed by atoms with E-state index in [1.54, 1.807) is 12.1 Å². The molecule has 0 saturated carbocycles. The summed E-state index contributed by atoms with van der Waals surface area (Å²) >= 11 is 1.41. The Bertz CT molecular complexity index is 658. The fraction of sp³-hybridized carbons (Fsp3) is 0.154. The van der Waals surface area contributed by atoms with Gasteiger partial charge >= 0.3 is 0 Å². The number of non-ortho nitro benzene ring substituents is 1. The molecule has 1 aromatic heterocycles. The topological polar surface area (TPSA) is 79.0 Å². The third kappa shape index (κ3) is 3.09. The Hall–Kier alpha value is -2.39. The highest BCUT2D eigenvalue weighted by molar-refractivity contribution is 7.12. The van der Waals surface area contributed by atoms with Crippen LogP contribution in [0.4, 0.5) is 11.4 Å². The maximum atomic E-state index is 10.7. The van der Waals surface area contributed by atoms with E-state index in [1.807, 2.05) is 13.0 Å². The van der Waals surface area contributed by atoms with Crippen LogP contribution in [0.15, 0.2) is 30.3 Å². The number of aryl methyl sites for hydroxylation is 1. The molecule has 0 saturated heterocycles. The molecular formula is C13H11N3O2S. The molecule has 0 amide bonds. The molecule has 6 heteroatoms. The van der Waals surface area contributed by atoms with Crippen molar-refractivity contribution in [2.24, 2.45) is 0 Å². The van der Waals surface area contributed by atoms with Gasteiger partial charge in [-0.3, -0.25) is 10.1 Å². The van der Waals surface area contributed by atoms with Crippen LogP contribution in [-0.4, -0.2) is 4.92 Å². The lowest BCUT2D eigenvalue weighted by Gasteiger charge is -2.08. The third-order valence-electron chi connectivity index (χ3n) is 2.66. The molecule has 1 heterocycles. The van der Waals surface area contributed by atoms with Crippen LogP contribution < -0.4 is 5.32 Å². The number of nitriles is 1. The quantitative estimate of drug-likeness (QED) is 0.683. The zero-order valence-electron chi connectivity index (χ0n) is 10.2. The number of benzene rings is 1. The number of anilines is 1. The third-order valence-corrected chi connectivity index (χ3v) is 3.65. The van der Waals surface area contributed by atoms with Crippen molar-refractivity contribution in [2.75, 3.05) is 5.32 Å². The predicted molar refractivity (Wildman–Crippen MR) is 74.2 cm³/mol. The number of nitrogens with zero attached hydrogens (tertiary/aromatic N) is 2. The van der Waals surface area contributed by atoms with Crippen LogP contribution in [-0.2, 0) is 6.54 Å². The summed E-state index contributed by atoms with van der Waals surface area (Å²) in [7, 11) is 0. The second kappa shape index (κ2) is 5.50. The minimum Gasteiger partial charge on any atom is -0.380 e. The van der Waals surface area contributed by atoms with Gasteiger partial charge in [-0.2, -0.15) is 5.26 Å². The first kappa shape index (κ1) is 13.1. The molecule has 19 heavy (non-hydrogen) atoms. The zero-order chi connectivity index (χ0) is 13.8. The molecule has 0 aliphatic carbocycles. The van der Waals surface area contributed by atoms with Crippen LogP contribution >= 0.6 is 11.3 Å². The first-order valence-corrected chi connectivity index (χ1v) is 6.39. The molecule has 0 aliphatic rings. The molecule has 0 bridgehead atoms. The summed E-state index contributed by atoms with van der Waals surface area (Å²) in [5.74, 6) is 0. The molecule has 96 valence electrons. The number of nitro benzene ring substituents is 1. The Kier molecular flexibility index (Phi) is 3.78. The van der Waals surface area contributed by atoms with Crippen LogP contribution in [0.5, 0.6) is 0 Å². The van der Waals surface area contributed by atoms with E-state index in [-0.39, 0.29) is 5.69 Å². The van der Waals surface area contributed by atoms with Crippen molar-refractivity contribution < 1.29 is 4.92 Å². The average Bonchev–Trinajstić information content (AvgIpc) is 2.85. The van der Waals surface area contributed by atoms with Crippen LogP contribution in [0.1, 0.15) is 15.3 Å². The highest BCUT2D eigenvalue weighted by Gasteiger charge is 2.08. The van der Waals surface area contributed by atoms with Crippen LogP contribution in [0.25, 0.3) is 0 Å². The van der Waals surface area contributed by atoms with Gasteiger partial charge in [-0.1, -0.05) is 6.07 Å². The van der Waals surface area contributed by atoms with Gasteiger partial charge in [0.2, 0.25) is 0 Å². The van der Waals surface area contributed by atoms with Gasteiger partial charge in [0.15, 0.2) is 0 Å². The average molecular weight is 273 g/mol. The van der Waals surface area contributed by atoms with E-state index in [2.05, 4.69) is 11.4 Å². The Morgan fingerprint density at radius 1 is 1.42 bits per heavy atom. The van der Waals surface area contributed by atoms with Crippen molar-refractivity contribution in [3.8, 4) is 6.07 Å². The summed E-state index contributed by atoms with van der Waals surface area (Å²) in [6.45, 7) is 2.44. The zero-order valence-corrected chi connectivity index (χ0v) is 11.0. The molecule has 2 rings (SSSR count). The second-order valence-electron chi connectivity index (χ2n) is 3.99. The van der Waals surface area contributed by atoms with E-state index >= 15 is 0 Å². The normalized spacial score (nSPS) is 9.89. The molecule has 1 N–H and O–H groups in total. The van der Waals surface area contributed by atoms with E-state index in [9.17, 15) is 10.1 Å². The number of nitro groups is 1. The molecule has 5 nitrogen and oxygen atoms in total. The Balaban J connectivity index is 2.12. The van der Waals surface area contributed by atoms with Crippen LogP contribution in [0.3, 0.4) is 0 Å². The number of thiophene rings is 1. The van der Waals surface area contributed by atoms with Gasteiger partial charge in [-0.05, 0) is 24.6 Å². The van der Waals surface area contributed by atoms with Gasteiger partial charge in [0, 0.05) is 29.2 Å². The smallest absolute Gasteiger partial charge is 0.271 e. The largest absolute Gasteiger partial charge is 0.380 e. The first-order chi connectivity index (χ1) is 9.10. The minimum atomic E-state index is -0.413. The lowest BCUT2D eigenvalue weighted by atomic mass is 10.2. The Morgan fingerprint density at radius 2 is 2.21 bits per heavy atom. The van der Waals surface area contributed by atoms with E-state index < -0.39 is 4.92 Å². The Morgan fingerprint density at radius 3 is 2.84 bits per heavy atom. The molecule has 1 aromatic carbocycles. The summed E-state index contributed by atoms with van der Waals surface area (Å²) < 4.78 is 0. The summed E-state index contributed by atoms with van der Waals surface area (Å²) in [6.07, 6.45) is 0. The Labute approximate surface area is 114 Å². The van der Waals surface area contributed by atoms with Crippen molar-refractivity contribution in [2.45, 2.75) is 13.5 Å². The molecule has 0 radical (unpaired) electrons. The predicted octanol–water partition coefficient (Wildman–Crippen LogP) is 3.45. The van der Waals surface area contributed by atoms with Crippen molar-refractivity contribution in [1.82, 2.24) is 0 Å². The fourth-order valence-electron chi connectivity index (χ4n) is 1.63. The number of hydrogen-bond acceptors (Lipinski definition) is 5. The lowest BCUT2D eigenvalue weighted by molar-refractivity contribution is -0.384. The van der Waals surface area contributed by atoms with Crippen molar-refractivity contribution >= 4 is 22.7 Å². The molecule has 0 atom stereocenters. The molecule has 0 unspecified atom stereocenters. The highest BCUT2D eigenvalue weighted by atomic mass is 32.1. The minimum absolute atomic E-state index is 0.0667. The van der Waals surface area contributed by atoms with Gasteiger partial charge < -0.3 is 5.32 Å². The molecular weight excluding hydrogens is 262 g/mol. The first-order valence-electron chi connectivity index (χ1n) is 5.58. The maximum absolute atomic E-state index is 10.7. The van der Waals surface area contributed by atoms with E-state index in [0.717, 1.165) is 16.1 Å². The lowest BCUT2D eigenvalue weighted by Crippen LogP contribution is -2.00. The van der Waals surface area contributed by atoms with Gasteiger partial charge in [-0.25, -0.2) is 0 Å². The molecule has 0 spiro atoms. The van der Waals surface area contributed by atoms with Gasteiger partial charge in [-0.15, -0.1) is 11.3 Å². The highest BCUT2D eigenvalue weighted by Crippen LogP contribution is 2.23. The maximum Gasteiger partial charge on any atom is 0.271 e. The van der Waals surface area contributed by atoms with Crippen LogP contribution in [0, 0.1) is 28.4 Å². The van der Waals surface area contributed by atoms with Gasteiger partial charge in [0.25, 0.3) is 5.69 Å². The van der Waals surface area contributed by atoms with E-state index in [4.69, 9.17) is 5.26 Å². The van der Waals surface area contributed by atoms with E-state index in [0.29, 0.717) is 11.4 Å². The molecule has 0 fully saturated rings. The SMILES string of the molecule is Cc1ccc([N+](=O)[O-])cc1NCc1ccc(C#N)s1. The van der Waals surface area contributed by atoms with Crippen molar-refractivity contribution in [1.29, 1.82) is 5.26 Å². The molecule has 2 aromatic rings. The van der Waals surface area contributed by atoms with Gasteiger partial charge in [0.1, 0.15) is 10.9 Å². The van der Waals surface area contributed by atoms with Crippen LogP contribution in [0.2, 0.25) is 0 Å². The number of rotatable bonds is 4. The summed E-state index contributed by atoms with van der Waals surface area (Å²) in [4.78, 5) is 12.0. The van der Waals surface area contributed by atoms with Crippen molar-refractivity contribution in [3.63, 3.8) is 0 Å². The molecule has 0 aliphatic heterocycles. The second-order valence-corrected chi connectivity index (χ2v) is 5.16.